The zero-order valence-corrected chi connectivity index (χ0v) is 20.2. The molecule has 2 aliphatic rings. The van der Waals surface area contributed by atoms with E-state index in [0.717, 1.165) is 38.7 Å². The van der Waals surface area contributed by atoms with Crippen molar-refractivity contribution in [2.75, 3.05) is 6.61 Å². The highest BCUT2D eigenvalue weighted by Gasteiger charge is 2.42. The van der Waals surface area contributed by atoms with Crippen molar-refractivity contribution in [2.45, 2.75) is 102 Å². The Balaban J connectivity index is 1.68. The van der Waals surface area contributed by atoms with E-state index in [1.807, 2.05) is 18.2 Å². The molecular formula is C24H38O5Si. The minimum atomic E-state index is -1.93. The van der Waals surface area contributed by atoms with E-state index in [0.29, 0.717) is 12.0 Å². The molecule has 1 unspecified atom stereocenters. The van der Waals surface area contributed by atoms with Gasteiger partial charge in [0.05, 0.1) is 17.8 Å². The highest BCUT2D eigenvalue weighted by molar-refractivity contribution is 6.74. The van der Waals surface area contributed by atoms with Crippen molar-refractivity contribution in [1.82, 2.24) is 0 Å². The van der Waals surface area contributed by atoms with Crippen molar-refractivity contribution in [3.8, 4) is 0 Å². The number of carbonyl (C=O) groups excluding carboxylic acids is 1. The van der Waals surface area contributed by atoms with Crippen LogP contribution in [0.15, 0.2) is 30.3 Å². The lowest BCUT2D eigenvalue weighted by Gasteiger charge is -2.43. The van der Waals surface area contributed by atoms with Gasteiger partial charge in [-0.3, -0.25) is 0 Å². The predicted octanol–water partition coefficient (Wildman–Crippen LogP) is 5.70. The highest BCUT2D eigenvalue weighted by Crippen LogP contribution is 2.40. The van der Waals surface area contributed by atoms with E-state index < -0.39 is 8.32 Å². The molecule has 3 rings (SSSR count). The summed E-state index contributed by atoms with van der Waals surface area (Å²) in [4.78, 5) is 12.6. The fourth-order valence-corrected chi connectivity index (χ4v) is 5.27. The van der Waals surface area contributed by atoms with Crippen LogP contribution in [0.5, 0.6) is 0 Å². The first-order chi connectivity index (χ1) is 14.1. The van der Waals surface area contributed by atoms with Crippen LogP contribution < -0.4 is 0 Å². The molecular weight excluding hydrogens is 396 g/mol. The quantitative estimate of drug-likeness (QED) is 0.425. The van der Waals surface area contributed by atoms with E-state index in [-0.39, 0.29) is 35.6 Å². The van der Waals surface area contributed by atoms with E-state index in [4.69, 9.17) is 18.6 Å². The van der Waals surface area contributed by atoms with Crippen LogP contribution in [0.25, 0.3) is 0 Å². The smallest absolute Gasteiger partial charge is 0.338 e. The van der Waals surface area contributed by atoms with Crippen molar-refractivity contribution in [3.05, 3.63) is 35.9 Å². The summed E-state index contributed by atoms with van der Waals surface area (Å²) in [6.45, 7) is 12.0. The number of hydrogen-bond acceptors (Lipinski definition) is 5. The third-order valence-electron chi connectivity index (χ3n) is 6.61. The maximum absolute atomic E-state index is 12.6. The second-order valence-electron chi connectivity index (χ2n) is 10.2. The molecule has 1 aliphatic carbocycles. The summed E-state index contributed by atoms with van der Waals surface area (Å²) in [6, 6.07) is 9.19. The van der Waals surface area contributed by atoms with Gasteiger partial charge in [0.1, 0.15) is 6.10 Å². The zero-order chi connectivity index (χ0) is 21.8. The molecule has 0 spiro atoms. The largest absolute Gasteiger partial charge is 0.459 e. The normalized spacial score (nSPS) is 28.2. The standard InChI is InChI=1S/C24H38O5Si/c1-24(2,3)30(4,5)29-21-16-19(27-22-13-9-10-14-26-22)15-20(17-21)28-23(25)18-11-7-6-8-12-18/h6-8,11-12,19-22H,9-10,13-17H2,1-5H3/t19-,20-,21-,22?/m1/s1. The van der Waals surface area contributed by atoms with Crippen molar-refractivity contribution in [2.24, 2.45) is 0 Å². The lowest BCUT2D eigenvalue weighted by atomic mass is 9.92. The molecule has 0 aromatic heterocycles. The Hall–Kier alpha value is -1.21. The van der Waals surface area contributed by atoms with Crippen LogP contribution in [0.1, 0.15) is 69.7 Å². The van der Waals surface area contributed by atoms with Crippen LogP contribution in [0.3, 0.4) is 0 Å². The summed E-state index contributed by atoms with van der Waals surface area (Å²) in [5.41, 5.74) is 0.582. The molecule has 30 heavy (non-hydrogen) atoms. The number of benzene rings is 1. The van der Waals surface area contributed by atoms with Gasteiger partial charge in [0.15, 0.2) is 14.6 Å². The summed E-state index contributed by atoms with van der Waals surface area (Å²) < 4.78 is 24.7. The first kappa shape index (κ1) is 23.5. The number of esters is 1. The summed E-state index contributed by atoms with van der Waals surface area (Å²) >= 11 is 0. The van der Waals surface area contributed by atoms with E-state index in [9.17, 15) is 4.79 Å². The number of ether oxygens (including phenoxy) is 3. The fourth-order valence-electron chi connectivity index (χ4n) is 3.89. The lowest BCUT2D eigenvalue weighted by Crippen LogP contribution is -2.48. The first-order valence-corrected chi connectivity index (χ1v) is 14.3. The van der Waals surface area contributed by atoms with Crippen molar-refractivity contribution < 1.29 is 23.4 Å². The minimum Gasteiger partial charge on any atom is -0.459 e. The Kier molecular flexibility index (Phi) is 7.77. The van der Waals surface area contributed by atoms with Gasteiger partial charge in [-0.2, -0.15) is 0 Å². The van der Waals surface area contributed by atoms with Crippen LogP contribution in [-0.4, -0.2) is 45.5 Å². The molecule has 2 fully saturated rings. The topological polar surface area (TPSA) is 54.0 Å². The average Bonchev–Trinajstić information content (AvgIpc) is 2.68. The van der Waals surface area contributed by atoms with Gasteiger partial charge in [0.2, 0.25) is 0 Å². The van der Waals surface area contributed by atoms with Gasteiger partial charge >= 0.3 is 5.97 Å². The van der Waals surface area contributed by atoms with Crippen LogP contribution in [0.2, 0.25) is 18.1 Å². The lowest BCUT2D eigenvalue weighted by molar-refractivity contribution is -0.204. The van der Waals surface area contributed by atoms with E-state index in [1.54, 1.807) is 12.1 Å². The summed E-state index contributed by atoms with van der Waals surface area (Å²) in [5.74, 6) is -0.277. The SMILES string of the molecule is CC(C)(C)[Si](C)(C)O[C@H]1C[C@H](OC(=O)c2ccccc2)C[C@@H](OC2CCCCO2)C1. The molecule has 1 saturated carbocycles. The molecule has 1 aromatic carbocycles. The molecule has 1 aromatic rings. The molecule has 1 saturated heterocycles. The Bertz CT molecular complexity index is 679. The summed E-state index contributed by atoms with van der Waals surface area (Å²) in [7, 11) is -1.93. The van der Waals surface area contributed by atoms with Gasteiger partial charge in [-0.05, 0) is 55.9 Å². The molecule has 168 valence electrons. The van der Waals surface area contributed by atoms with E-state index in [2.05, 4.69) is 33.9 Å². The van der Waals surface area contributed by atoms with Crippen molar-refractivity contribution in [1.29, 1.82) is 0 Å². The molecule has 0 N–H and O–H groups in total. The highest BCUT2D eigenvalue weighted by atomic mass is 28.4. The van der Waals surface area contributed by atoms with Crippen LogP contribution in [0, 0.1) is 0 Å². The third-order valence-corrected chi connectivity index (χ3v) is 11.1. The number of hydrogen-bond donors (Lipinski definition) is 0. The van der Waals surface area contributed by atoms with Gasteiger partial charge in [-0.25, -0.2) is 4.79 Å². The summed E-state index contributed by atoms with van der Waals surface area (Å²) in [6.07, 6.45) is 5.03. The molecule has 4 atom stereocenters. The maximum atomic E-state index is 12.6. The van der Waals surface area contributed by atoms with Gasteiger partial charge < -0.3 is 18.6 Å². The van der Waals surface area contributed by atoms with Gasteiger partial charge in [-0.1, -0.05) is 39.0 Å². The van der Waals surface area contributed by atoms with Crippen molar-refractivity contribution in [3.63, 3.8) is 0 Å². The average molecular weight is 435 g/mol. The predicted molar refractivity (Wildman–Crippen MR) is 120 cm³/mol. The molecule has 0 bridgehead atoms. The van der Waals surface area contributed by atoms with Gasteiger partial charge in [0.25, 0.3) is 0 Å². The molecule has 0 radical (unpaired) electrons. The Morgan fingerprint density at radius 3 is 2.30 bits per heavy atom. The third kappa shape index (κ3) is 6.39. The van der Waals surface area contributed by atoms with Gasteiger partial charge in [0, 0.05) is 19.4 Å². The maximum Gasteiger partial charge on any atom is 0.338 e. The second kappa shape index (κ2) is 9.94. The van der Waals surface area contributed by atoms with E-state index >= 15 is 0 Å². The Morgan fingerprint density at radius 2 is 1.67 bits per heavy atom. The second-order valence-corrected chi connectivity index (χ2v) is 14.9. The van der Waals surface area contributed by atoms with Crippen LogP contribution in [-0.2, 0) is 18.6 Å². The molecule has 5 nitrogen and oxygen atoms in total. The number of carbonyl (C=O) groups is 1. The van der Waals surface area contributed by atoms with E-state index in [1.165, 1.54) is 0 Å². The molecule has 0 amide bonds. The summed E-state index contributed by atoms with van der Waals surface area (Å²) in [5, 5.41) is 0.128. The minimum absolute atomic E-state index is 0.0230. The zero-order valence-electron chi connectivity index (χ0n) is 19.2. The van der Waals surface area contributed by atoms with Crippen LogP contribution >= 0.6 is 0 Å². The van der Waals surface area contributed by atoms with Crippen LogP contribution in [0.4, 0.5) is 0 Å². The molecule has 1 heterocycles. The fraction of sp³-hybridized carbons (Fsp3) is 0.708. The molecule has 1 aliphatic heterocycles. The Morgan fingerprint density at radius 1 is 1.00 bits per heavy atom. The van der Waals surface area contributed by atoms with Gasteiger partial charge in [-0.15, -0.1) is 0 Å². The van der Waals surface area contributed by atoms with Crippen molar-refractivity contribution >= 4 is 14.3 Å². The Labute approximate surface area is 182 Å². The molecule has 6 heteroatoms. The first-order valence-electron chi connectivity index (χ1n) is 11.3. The monoisotopic (exact) mass is 434 g/mol. The number of rotatable bonds is 6.